The second kappa shape index (κ2) is 6.16. The van der Waals surface area contributed by atoms with Gasteiger partial charge >= 0.3 is 0 Å². The molecule has 0 aromatic carbocycles. The van der Waals surface area contributed by atoms with Crippen LogP contribution in [0.1, 0.15) is 32.1 Å². The van der Waals surface area contributed by atoms with Gasteiger partial charge in [-0.15, -0.1) is 0 Å². The molecule has 0 spiro atoms. The highest BCUT2D eigenvalue weighted by Crippen LogP contribution is 2.30. The zero-order valence-electron chi connectivity index (χ0n) is 10.0. The van der Waals surface area contributed by atoms with Crippen LogP contribution in [0.15, 0.2) is 0 Å². The fourth-order valence-corrected chi connectivity index (χ4v) is 3.20. The molecule has 2 fully saturated rings. The fourth-order valence-electron chi connectivity index (χ4n) is 2.50. The summed E-state index contributed by atoms with van der Waals surface area (Å²) < 4.78 is 10.7. The average molecular weight is 306 g/mol. The summed E-state index contributed by atoms with van der Waals surface area (Å²) in [5, 5.41) is 3.98. The Kier molecular flexibility index (Phi) is 4.82. The van der Waals surface area contributed by atoms with Gasteiger partial charge < -0.3 is 14.8 Å². The third kappa shape index (κ3) is 3.42. The van der Waals surface area contributed by atoms with Crippen LogP contribution in [0.3, 0.4) is 0 Å². The molecule has 1 atom stereocenters. The summed E-state index contributed by atoms with van der Waals surface area (Å²) in [6.07, 6.45) is 5.33. The van der Waals surface area contributed by atoms with Gasteiger partial charge in [-0.1, -0.05) is 35.2 Å². The quantitative estimate of drug-likeness (QED) is 0.806. The molecule has 98 valence electrons. The Bertz CT molecular complexity index is 260. The van der Waals surface area contributed by atoms with Crippen molar-refractivity contribution in [2.75, 3.05) is 25.2 Å². The zero-order valence-corrected chi connectivity index (χ0v) is 11.6. The van der Waals surface area contributed by atoms with Crippen molar-refractivity contribution in [2.45, 2.75) is 43.7 Å². The SMILES string of the molecule is O=C(NC1(CBr)CCCCC1)C1COCCO1. The third-order valence-corrected chi connectivity index (χ3v) is 4.64. The molecule has 1 N–H and O–H groups in total. The van der Waals surface area contributed by atoms with Gasteiger partial charge in [0.2, 0.25) is 0 Å². The predicted octanol–water partition coefficient (Wildman–Crippen LogP) is 1.62. The summed E-state index contributed by atoms with van der Waals surface area (Å²) >= 11 is 3.53. The van der Waals surface area contributed by atoms with E-state index in [-0.39, 0.29) is 11.4 Å². The molecule has 1 saturated carbocycles. The van der Waals surface area contributed by atoms with Crippen LogP contribution in [0.2, 0.25) is 0 Å². The van der Waals surface area contributed by atoms with E-state index in [0.717, 1.165) is 18.2 Å². The summed E-state index contributed by atoms with van der Waals surface area (Å²) in [6, 6.07) is 0. The second-order valence-electron chi connectivity index (χ2n) is 4.90. The van der Waals surface area contributed by atoms with Crippen molar-refractivity contribution in [3.8, 4) is 0 Å². The first-order valence-corrected chi connectivity index (χ1v) is 7.45. The van der Waals surface area contributed by atoms with Gasteiger partial charge in [0.15, 0.2) is 6.10 Å². The van der Waals surface area contributed by atoms with E-state index >= 15 is 0 Å². The van der Waals surface area contributed by atoms with Crippen molar-refractivity contribution in [2.24, 2.45) is 0 Å². The highest BCUT2D eigenvalue weighted by atomic mass is 79.9. The molecule has 4 nitrogen and oxygen atoms in total. The standard InChI is InChI=1S/C12H20BrNO3/c13-9-12(4-2-1-3-5-12)14-11(15)10-8-16-6-7-17-10/h10H,1-9H2,(H,14,15). The van der Waals surface area contributed by atoms with Crippen molar-refractivity contribution in [3.05, 3.63) is 0 Å². The average Bonchev–Trinajstić information content (AvgIpc) is 2.41. The van der Waals surface area contributed by atoms with E-state index in [9.17, 15) is 4.79 Å². The van der Waals surface area contributed by atoms with E-state index in [1.165, 1.54) is 19.3 Å². The first-order chi connectivity index (χ1) is 8.26. The van der Waals surface area contributed by atoms with Crippen LogP contribution in [0.4, 0.5) is 0 Å². The zero-order chi connectivity index (χ0) is 12.1. The van der Waals surface area contributed by atoms with Crippen LogP contribution in [-0.4, -0.2) is 42.7 Å². The van der Waals surface area contributed by atoms with Gasteiger partial charge in [-0.2, -0.15) is 0 Å². The second-order valence-corrected chi connectivity index (χ2v) is 5.46. The topological polar surface area (TPSA) is 47.6 Å². The van der Waals surface area contributed by atoms with E-state index < -0.39 is 6.10 Å². The lowest BCUT2D eigenvalue weighted by atomic mass is 9.83. The highest BCUT2D eigenvalue weighted by Gasteiger charge is 2.35. The molecule has 2 rings (SSSR count). The number of alkyl halides is 1. The molecule has 1 saturated heterocycles. The molecule has 1 amide bonds. The molecule has 0 aromatic heterocycles. The summed E-state index contributed by atoms with van der Waals surface area (Å²) in [7, 11) is 0. The van der Waals surface area contributed by atoms with Crippen LogP contribution < -0.4 is 5.32 Å². The van der Waals surface area contributed by atoms with E-state index in [1.54, 1.807) is 0 Å². The monoisotopic (exact) mass is 305 g/mol. The molecule has 17 heavy (non-hydrogen) atoms. The number of carbonyl (C=O) groups is 1. The predicted molar refractivity (Wildman–Crippen MR) is 68.3 cm³/mol. The molecule has 5 heteroatoms. The van der Waals surface area contributed by atoms with Crippen molar-refractivity contribution in [1.29, 1.82) is 0 Å². The lowest BCUT2D eigenvalue weighted by molar-refractivity contribution is -0.149. The van der Waals surface area contributed by atoms with Crippen molar-refractivity contribution < 1.29 is 14.3 Å². The fraction of sp³-hybridized carbons (Fsp3) is 0.917. The maximum absolute atomic E-state index is 12.1. The Balaban J connectivity index is 1.90. The molecule has 0 aromatic rings. The number of nitrogens with one attached hydrogen (secondary N) is 1. The largest absolute Gasteiger partial charge is 0.376 e. The lowest BCUT2D eigenvalue weighted by Gasteiger charge is -2.38. The number of hydrogen-bond donors (Lipinski definition) is 1. The molecule has 1 aliphatic carbocycles. The minimum Gasteiger partial charge on any atom is -0.376 e. The Morgan fingerprint density at radius 3 is 2.65 bits per heavy atom. The maximum atomic E-state index is 12.1. The van der Waals surface area contributed by atoms with E-state index in [2.05, 4.69) is 21.2 Å². The lowest BCUT2D eigenvalue weighted by Crippen LogP contribution is -2.55. The summed E-state index contributed by atoms with van der Waals surface area (Å²) in [6.45, 7) is 1.48. The number of amides is 1. The molecular weight excluding hydrogens is 286 g/mol. The maximum Gasteiger partial charge on any atom is 0.252 e. The van der Waals surface area contributed by atoms with E-state index in [0.29, 0.717) is 19.8 Å². The van der Waals surface area contributed by atoms with Crippen molar-refractivity contribution in [1.82, 2.24) is 5.32 Å². The van der Waals surface area contributed by atoms with Crippen LogP contribution in [-0.2, 0) is 14.3 Å². The minimum atomic E-state index is -0.429. The normalized spacial score (nSPS) is 28.6. The van der Waals surface area contributed by atoms with Crippen molar-refractivity contribution >= 4 is 21.8 Å². The summed E-state index contributed by atoms with van der Waals surface area (Å²) in [5.74, 6) is -0.0222. The first-order valence-electron chi connectivity index (χ1n) is 6.33. The van der Waals surface area contributed by atoms with Gasteiger partial charge in [0.05, 0.1) is 19.8 Å². The Hall–Kier alpha value is -0.130. The molecule has 0 bridgehead atoms. The highest BCUT2D eigenvalue weighted by molar-refractivity contribution is 9.09. The van der Waals surface area contributed by atoms with Gasteiger partial charge in [0.25, 0.3) is 5.91 Å². The molecule has 0 radical (unpaired) electrons. The van der Waals surface area contributed by atoms with Crippen LogP contribution in [0, 0.1) is 0 Å². The number of halogens is 1. The Morgan fingerprint density at radius 2 is 2.06 bits per heavy atom. The smallest absolute Gasteiger partial charge is 0.252 e. The summed E-state index contributed by atoms with van der Waals surface area (Å²) in [4.78, 5) is 12.1. The number of ether oxygens (including phenoxy) is 2. The molecule has 2 aliphatic rings. The first kappa shape index (κ1) is 13.3. The minimum absolute atomic E-state index is 0.0222. The molecular formula is C12H20BrNO3. The van der Waals surface area contributed by atoms with Gasteiger partial charge in [0.1, 0.15) is 0 Å². The third-order valence-electron chi connectivity index (χ3n) is 3.56. The van der Waals surface area contributed by atoms with Crippen LogP contribution in [0.25, 0.3) is 0 Å². The molecule has 1 heterocycles. The number of rotatable bonds is 3. The van der Waals surface area contributed by atoms with Gasteiger partial charge in [-0.3, -0.25) is 4.79 Å². The van der Waals surface area contributed by atoms with Gasteiger partial charge in [-0.05, 0) is 12.8 Å². The van der Waals surface area contributed by atoms with E-state index in [1.807, 2.05) is 0 Å². The van der Waals surface area contributed by atoms with Crippen molar-refractivity contribution in [3.63, 3.8) is 0 Å². The Morgan fingerprint density at radius 1 is 1.29 bits per heavy atom. The van der Waals surface area contributed by atoms with Crippen LogP contribution in [0.5, 0.6) is 0 Å². The van der Waals surface area contributed by atoms with Gasteiger partial charge in [0, 0.05) is 10.9 Å². The Labute approximate surface area is 111 Å². The summed E-state index contributed by atoms with van der Waals surface area (Å²) in [5.41, 5.74) is -0.0733. The van der Waals surface area contributed by atoms with Gasteiger partial charge in [-0.25, -0.2) is 0 Å². The van der Waals surface area contributed by atoms with Crippen LogP contribution >= 0.6 is 15.9 Å². The number of carbonyl (C=O) groups excluding carboxylic acids is 1. The molecule has 1 unspecified atom stereocenters. The number of hydrogen-bond acceptors (Lipinski definition) is 3. The molecule has 1 aliphatic heterocycles. The van der Waals surface area contributed by atoms with E-state index in [4.69, 9.17) is 9.47 Å².